The summed E-state index contributed by atoms with van der Waals surface area (Å²) in [4.78, 5) is 74.1. The molecule has 17 heteroatoms. The van der Waals surface area contributed by atoms with Crippen LogP contribution in [0.5, 0.6) is 5.75 Å². The van der Waals surface area contributed by atoms with E-state index >= 15 is 0 Å². The van der Waals surface area contributed by atoms with E-state index in [1.54, 1.807) is 40.6 Å². The van der Waals surface area contributed by atoms with Gasteiger partial charge in [-0.1, -0.05) is 84.3 Å². The number of aromatic nitrogens is 2. The molecule has 388 valence electrons. The van der Waals surface area contributed by atoms with Crippen molar-refractivity contribution in [3.63, 3.8) is 0 Å². The van der Waals surface area contributed by atoms with E-state index in [1.807, 2.05) is 64.4 Å². The van der Waals surface area contributed by atoms with Crippen LogP contribution in [0.15, 0.2) is 66.3 Å². The summed E-state index contributed by atoms with van der Waals surface area (Å²) in [5.74, 6) is 0.738. The summed E-state index contributed by atoms with van der Waals surface area (Å²) in [5, 5.41) is 19.1. The summed E-state index contributed by atoms with van der Waals surface area (Å²) < 4.78 is 6.40. The summed E-state index contributed by atoms with van der Waals surface area (Å²) in [5.41, 5.74) is 4.80. The van der Waals surface area contributed by atoms with Gasteiger partial charge in [-0.2, -0.15) is 5.26 Å². The maximum Gasteiger partial charge on any atom is 0.253 e. The van der Waals surface area contributed by atoms with Crippen LogP contribution >= 0.6 is 22.9 Å². The summed E-state index contributed by atoms with van der Waals surface area (Å²) in [6, 6.07) is 17.9. The predicted molar refractivity (Wildman–Crippen MR) is 284 cm³/mol. The number of hydrogen-bond donors (Lipinski definition) is 3. The second kappa shape index (κ2) is 20.3. The number of nitrogens with one attached hydrogen (secondary N) is 3. The van der Waals surface area contributed by atoms with Gasteiger partial charge in [-0.15, -0.1) is 11.3 Å². The molecular formula is C56H71ClN10O5S. The van der Waals surface area contributed by atoms with Gasteiger partial charge in [0, 0.05) is 86.4 Å². The van der Waals surface area contributed by atoms with Crippen LogP contribution in [-0.4, -0.2) is 131 Å². The van der Waals surface area contributed by atoms with Crippen molar-refractivity contribution in [1.82, 2.24) is 40.6 Å². The molecule has 3 N–H and O–H groups in total. The maximum absolute atomic E-state index is 14.3. The molecule has 2 aliphatic carbocycles. The van der Waals surface area contributed by atoms with Gasteiger partial charge in [0.05, 0.1) is 44.8 Å². The molecule has 0 radical (unpaired) electrons. The molecule has 0 unspecified atom stereocenters. The van der Waals surface area contributed by atoms with E-state index in [0.717, 1.165) is 86.0 Å². The van der Waals surface area contributed by atoms with E-state index in [-0.39, 0.29) is 64.6 Å². The number of amides is 4. The number of benzene rings is 2. The highest BCUT2D eigenvalue weighted by Gasteiger charge is 2.64. The number of thiazole rings is 1. The minimum Gasteiger partial charge on any atom is -0.489 e. The number of likely N-dealkylation sites (tertiary alicyclic amines) is 1. The van der Waals surface area contributed by atoms with Gasteiger partial charge in [-0.3, -0.25) is 29.0 Å². The van der Waals surface area contributed by atoms with Gasteiger partial charge in [-0.25, -0.2) is 9.97 Å². The zero-order chi connectivity index (χ0) is 52.2. The first-order valence-electron chi connectivity index (χ1n) is 25.8. The van der Waals surface area contributed by atoms with E-state index in [0.29, 0.717) is 40.9 Å². The minimum atomic E-state index is -0.771. The number of carbonyl (C=O) groups is 4. The number of piperazine rings is 1. The molecule has 2 saturated carbocycles. The first kappa shape index (κ1) is 52.3. The highest BCUT2D eigenvalue weighted by atomic mass is 35.5. The number of halogens is 1. The third-order valence-electron chi connectivity index (χ3n) is 16.5. The number of aryl methyl sites for hydroxylation is 1. The van der Waals surface area contributed by atoms with E-state index in [4.69, 9.17) is 21.3 Å². The molecule has 1 spiro atoms. The lowest BCUT2D eigenvalue weighted by Crippen LogP contribution is -2.74. The standard InChI is InChI=1S/C56H71ClN10O5S/c1-34(36-12-14-37(15-13-36)46-35(2)60-33-73-46)61-49(70)43-11-10-20-67(43)50(71)47(53(3,4)5)62-45(68)30-64-21-23-65(24-22-64)40-26-56(27-40)31-66(32-56)44-19-17-39(29-59-44)48(69)63-51-54(6,7)52(55(51,8)9)72-41-18-16-38(28-58)42(57)25-41/h12-19,25,29,33-34,40,43,47,51-52H,10-11,20-24,26-27,30-32H2,1-9H3,(H,61,70)(H,62,68)(H,63,69)/t34-,43-,47+,51-,52-/m0/s1. The van der Waals surface area contributed by atoms with E-state index in [2.05, 4.69) is 81.5 Å². The van der Waals surface area contributed by atoms with Crippen LogP contribution in [0.2, 0.25) is 5.02 Å². The van der Waals surface area contributed by atoms with Gasteiger partial charge in [-0.05, 0) is 80.3 Å². The van der Waals surface area contributed by atoms with Crippen molar-refractivity contribution >= 4 is 52.4 Å². The zero-order valence-corrected chi connectivity index (χ0v) is 45.3. The SMILES string of the molecule is Cc1ncsc1-c1ccc([C@H](C)NC(=O)[C@@H]2CCCN2C(=O)[C@@H](NC(=O)CN2CCN(C3CC4(C3)CN(c3ccc(C(=O)N[C@H]5C(C)(C)[C@H](Oc6ccc(C#N)c(Cl)c6)C5(C)C)cn3)C4)CC2)C(C)(C)C)cc1. The van der Waals surface area contributed by atoms with E-state index < -0.39 is 17.5 Å². The quantitative estimate of drug-likeness (QED) is 0.113. The van der Waals surface area contributed by atoms with Gasteiger partial charge < -0.3 is 30.5 Å². The summed E-state index contributed by atoms with van der Waals surface area (Å²) in [7, 11) is 0. The molecule has 0 bridgehead atoms. The average Bonchev–Trinajstić information content (AvgIpc) is 4.00. The van der Waals surface area contributed by atoms with Crippen molar-refractivity contribution in [3.8, 4) is 22.3 Å². The zero-order valence-electron chi connectivity index (χ0n) is 43.8. The number of carbonyl (C=O) groups excluding carboxylic acids is 4. The number of nitrogens with zero attached hydrogens (tertiary/aromatic N) is 7. The molecule has 2 aromatic heterocycles. The maximum atomic E-state index is 14.3. The van der Waals surface area contributed by atoms with Crippen molar-refractivity contribution in [1.29, 1.82) is 5.26 Å². The van der Waals surface area contributed by atoms with Gasteiger partial charge >= 0.3 is 0 Å². The van der Waals surface area contributed by atoms with Crippen LogP contribution in [0.25, 0.3) is 10.4 Å². The predicted octanol–water partition coefficient (Wildman–Crippen LogP) is 7.64. The summed E-state index contributed by atoms with van der Waals surface area (Å²) in [6.45, 7) is 24.1. The number of ether oxygens (including phenoxy) is 1. The first-order chi connectivity index (χ1) is 34.6. The first-order valence-corrected chi connectivity index (χ1v) is 27.1. The Morgan fingerprint density at radius 1 is 0.932 bits per heavy atom. The number of anilines is 1. The number of nitriles is 1. The van der Waals surface area contributed by atoms with E-state index in [1.165, 1.54) is 0 Å². The minimum absolute atomic E-state index is 0.152. The Morgan fingerprint density at radius 2 is 1.63 bits per heavy atom. The normalized spacial score (nSPS) is 23.3. The van der Waals surface area contributed by atoms with Crippen LogP contribution in [0.1, 0.15) is 114 Å². The molecule has 5 fully saturated rings. The Kier molecular flexibility index (Phi) is 14.5. The molecule has 73 heavy (non-hydrogen) atoms. The van der Waals surface area contributed by atoms with Crippen LogP contribution in [0, 0.1) is 39.9 Å². The third kappa shape index (κ3) is 10.6. The number of pyridine rings is 1. The smallest absolute Gasteiger partial charge is 0.253 e. The largest absolute Gasteiger partial charge is 0.489 e. The van der Waals surface area contributed by atoms with Gasteiger partial charge in [0.1, 0.15) is 35.8 Å². The highest BCUT2D eigenvalue weighted by Crippen LogP contribution is 2.56. The van der Waals surface area contributed by atoms with Gasteiger partial charge in [0.15, 0.2) is 0 Å². The Morgan fingerprint density at radius 3 is 2.23 bits per heavy atom. The van der Waals surface area contributed by atoms with Crippen molar-refractivity contribution in [3.05, 3.63) is 93.7 Å². The molecule has 4 aromatic rings. The second-order valence-corrected chi connectivity index (χ2v) is 24.9. The van der Waals surface area contributed by atoms with Crippen molar-refractivity contribution in [2.75, 3.05) is 57.3 Å². The Bertz CT molecular complexity index is 2730. The average molecular weight is 1030 g/mol. The van der Waals surface area contributed by atoms with Crippen LogP contribution in [-0.2, 0) is 14.4 Å². The molecule has 3 saturated heterocycles. The molecule has 2 aromatic carbocycles. The topological polar surface area (TPSA) is 176 Å². The van der Waals surface area contributed by atoms with Crippen LogP contribution in [0.3, 0.4) is 0 Å². The molecule has 9 rings (SSSR count). The molecule has 15 nitrogen and oxygen atoms in total. The summed E-state index contributed by atoms with van der Waals surface area (Å²) in [6.07, 6.45) is 5.04. The summed E-state index contributed by atoms with van der Waals surface area (Å²) >= 11 is 7.88. The van der Waals surface area contributed by atoms with Crippen molar-refractivity contribution < 1.29 is 23.9 Å². The van der Waals surface area contributed by atoms with Gasteiger partial charge in [0.25, 0.3) is 5.91 Å². The fourth-order valence-corrected chi connectivity index (χ4v) is 13.6. The third-order valence-corrected chi connectivity index (χ3v) is 17.8. The fraction of sp³-hybridized carbons (Fsp3) is 0.554. The monoisotopic (exact) mass is 1030 g/mol. The molecule has 5 heterocycles. The Labute approximate surface area is 439 Å². The number of rotatable bonds is 14. The van der Waals surface area contributed by atoms with Crippen molar-refractivity contribution in [2.24, 2.45) is 21.7 Å². The molecule has 3 aliphatic heterocycles. The second-order valence-electron chi connectivity index (χ2n) is 23.6. The van der Waals surface area contributed by atoms with Crippen LogP contribution in [0.4, 0.5) is 5.82 Å². The van der Waals surface area contributed by atoms with Crippen LogP contribution < -0.4 is 25.6 Å². The van der Waals surface area contributed by atoms with Crippen molar-refractivity contribution in [2.45, 2.75) is 124 Å². The lowest BCUT2D eigenvalue weighted by Gasteiger charge is -2.63. The highest BCUT2D eigenvalue weighted by molar-refractivity contribution is 7.13. The lowest BCUT2D eigenvalue weighted by atomic mass is 9.49. The Balaban J connectivity index is 0.694. The molecule has 3 atom stereocenters. The Hall–Kier alpha value is -5.60. The van der Waals surface area contributed by atoms with E-state index in [9.17, 15) is 24.4 Å². The van der Waals surface area contributed by atoms with Gasteiger partial charge in [0.2, 0.25) is 17.7 Å². The lowest BCUT2D eigenvalue weighted by molar-refractivity contribution is -0.164. The molecule has 4 amide bonds. The fourth-order valence-electron chi connectivity index (χ4n) is 12.6. The molecular weight excluding hydrogens is 960 g/mol. The number of hydrogen-bond acceptors (Lipinski definition) is 12. The molecule has 5 aliphatic rings.